The van der Waals surface area contributed by atoms with Gasteiger partial charge in [-0.1, -0.05) is 41.4 Å². The number of hydrogen-bond acceptors (Lipinski definition) is 3. The summed E-state index contributed by atoms with van der Waals surface area (Å²) in [5.41, 5.74) is 1.31. The van der Waals surface area contributed by atoms with Crippen molar-refractivity contribution in [3.05, 3.63) is 69.5 Å². The van der Waals surface area contributed by atoms with Gasteiger partial charge >= 0.3 is 5.97 Å². The van der Waals surface area contributed by atoms with Crippen LogP contribution >= 0.6 is 23.2 Å². The first-order valence-corrected chi connectivity index (χ1v) is 8.25. The van der Waals surface area contributed by atoms with E-state index in [4.69, 9.17) is 27.9 Å². The van der Waals surface area contributed by atoms with E-state index in [0.717, 1.165) is 0 Å². The van der Waals surface area contributed by atoms with Crippen LogP contribution in [0.25, 0.3) is 0 Å². The maximum Gasteiger partial charge on any atom is 0.310 e. The minimum absolute atomic E-state index is 0.0356. The molecule has 1 amide bonds. The molecule has 0 saturated heterocycles. The highest BCUT2D eigenvalue weighted by atomic mass is 35.5. The molecule has 2 aromatic carbocycles. The molecule has 0 saturated carbocycles. The number of hydrogen-bond donors (Lipinski definition) is 1. The van der Waals surface area contributed by atoms with E-state index in [1.54, 1.807) is 25.1 Å². The zero-order valence-corrected chi connectivity index (χ0v) is 14.9. The van der Waals surface area contributed by atoms with E-state index in [9.17, 15) is 14.0 Å². The Morgan fingerprint density at radius 2 is 1.84 bits per heavy atom. The Morgan fingerprint density at radius 1 is 1.16 bits per heavy atom. The Kier molecular flexibility index (Phi) is 6.79. The molecule has 2 aromatic rings. The molecule has 0 unspecified atom stereocenters. The molecule has 0 heterocycles. The summed E-state index contributed by atoms with van der Waals surface area (Å²) in [6, 6.07) is 10.1. The average Bonchev–Trinajstić information content (AvgIpc) is 2.55. The first-order valence-electron chi connectivity index (χ1n) is 7.49. The van der Waals surface area contributed by atoms with Crippen molar-refractivity contribution in [2.45, 2.75) is 19.4 Å². The van der Waals surface area contributed by atoms with Gasteiger partial charge in [0.15, 0.2) is 6.61 Å². The van der Waals surface area contributed by atoms with E-state index in [1.165, 1.54) is 24.3 Å². The lowest BCUT2D eigenvalue weighted by Gasteiger charge is -2.16. The van der Waals surface area contributed by atoms with E-state index in [0.29, 0.717) is 21.2 Å². The lowest BCUT2D eigenvalue weighted by molar-refractivity contribution is -0.148. The Bertz CT molecular complexity index is 765. The van der Waals surface area contributed by atoms with Crippen LogP contribution in [0.3, 0.4) is 0 Å². The molecule has 1 atom stereocenters. The first-order chi connectivity index (χ1) is 11.8. The molecule has 4 nitrogen and oxygen atoms in total. The van der Waals surface area contributed by atoms with Gasteiger partial charge in [-0.05, 0) is 42.3 Å². The first kappa shape index (κ1) is 19.2. The zero-order valence-electron chi connectivity index (χ0n) is 13.4. The van der Waals surface area contributed by atoms with Crippen LogP contribution in [0.15, 0.2) is 42.5 Å². The molecule has 0 aliphatic rings. The van der Waals surface area contributed by atoms with E-state index in [1.807, 2.05) is 0 Å². The second kappa shape index (κ2) is 8.83. The molecule has 0 aliphatic carbocycles. The monoisotopic (exact) mass is 383 g/mol. The molecule has 25 heavy (non-hydrogen) atoms. The van der Waals surface area contributed by atoms with Crippen molar-refractivity contribution in [3.8, 4) is 0 Å². The average molecular weight is 384 g/mol. The Hall–Kier alpha value is -2.11. The van der Waals surface area contributed by atoms with Gasteiger partial charge in [0.25, 0.3) is 5.91 Å². The minimum Gasteiger partial charge on any atom is -0.455 e. The van der Waals surface area contributed by atoms with E-state index >= 15 is 0 Å². The quantitative estimate of drug-likeness (QED) is 0.764. The number of benzene rings is 2. The summed E-state index contributed by atoms with van der Waals surface area (Å²) in [4.78, 5) is 23.6. The summed E-state index contributed by atoms with van der Waals surface area (Å²) >= 11 is 11.9. The number of rotatable bonds is 6. The zero-order chi connectivity index (χ0) is 18.4. The van der Waals surface area contributed by atoms with Gasteiger partial charge in [0.1, 0.15) is 5.82 Å². The van der Waals surface area contributed by atoms with Crippen molar-refractivity contribution >= 4 is 35.1 Å². The van der Waals surface area contributed by atoms with Crippen LogP contribution in [0.5, 0.6) is 0 Å². The van der Waals surface area contributed by atoms with Crippen LogP contribution in [-0.2, 0) is 20.7 Å². The molecule has 132 valence electrons. The SMILES string of the molecule is C[C@H](NC(=O)COC(=O)Cc1ccc(F)cc1)c1ccc(Cl)cc1Cl. The molecule has 7 heteroatoms. The summed E-state index contributed by atoms with van der Waals surface area (Å²) in [6.07, 6.45) is -0.0356. The van der Waals surface area contributed by atoms with Crippen LogP contribution in [0, 0.1) is 5.82 Å². The predicted molar refractivity (Wildman–Crippen MR) is 94.1 cm³/mol. The third-order valence-electron chi connectivity index (χ3n) is 3.43. The second-order valence-corrected chi connectivity index (χ2v) is 6.26. The highest BCUT2D eigenvalue weighted by Gasteiger charge is 2.14. The van der Waals surface area contributed by atoms with Crippen molar-refractivity contribution in [1.29, 1.82) is 0 Å². The third-order valence-corrected chi connectivity index (χ3v) is 3.99. The van der Waals surface area contributed by atoms with Crippen molar-refractivity contribution in [3.63, 3.8) is 0 Å². The molecular formula is C18H16Cl2FNO3. The fraction of sp³-hybridized carbons (Fsp3) is 0.222. The lowest BCUT2D eigenvalue weighted by atomic mass is 10.1. The van der Waals surface area contributed by atoms with Crippen LogP contribution in [0.2, 0.25) is 10.0 Å². The summed E-state index contributed by atoms with van der Waals surface area (Å²) in [5.74, 6) is -1.41. The fourth-order valence-electron chi connectivity index (χ4n) is 2.18. The maximum atomic E-state index is 12.8. The van der Waals surface area contributed by atoms with Gasteiger partial charge < -0.3 is 10.1 Å². The number of carbonyl (C=O) groups excluding carboxylic acids is 2. The number of carbonyl (C=O) groups is 2. The minimum atomic E-state index is -0.570. The van der Waals surface area contributed by atoms with E-state index < -0.39 is 18.5 Å². The Labute approximate surface area is 154 Å². The topological polar surface area (TPSA) is 55.4 Å². The van der Waals surface area contributed by atoms with E-state index in [2.05, 4.69) is 5.32 Å². The highest BCUT2D eigenvalue weighted by molar-refractivity contribution is 6.35. The Balaban J connectivity index is 1.81. The van der Waals surface area contributed by atoms with Crippen molar-refractivity contribution in [2.24, 2.45) is 0 Å². The summed E-state index contributed by atoms with van der Waals surface area (Å²) in [6.45, 7) is 1.35. The van der Waals surface area contributed by atoms with Crippen LogP contribution in [0.4, 0.5) is 4.39 Å². The Morgan fingerprint density at radius 3 is 2.48 bits per heavy atom. The number of esters is 1. The molecule has 1 N–H and O–H groups in total. The largest absolute Gasteiger partial charge is 0.455 e. The molecule has 0 radical (unpaired) electrons. The van der Waals surface area contributed by atoms with Crippen LogP contribution in [0.1, 0.15) is 24.1 Å². The van der Waals surface area contributed by atoms with Gasteiger partial charge in [-0.25, -0.2) is 4.39 Å². The van der Waals surface area contributed by atoms with Crippen LogP contribution in [-0.4, -0.2) is 18.5 Å². The van der Waals surface area contributed by atoms with Gasteiger partial charge in [0.2, 0.25) is 0 Å². The molecule has 2 rings (SSSR count). The standard InChI is InChI=1S/C18H16Cl2FNO3/c1-11(15-7-4-13(19)9-16(15)20)22-17(23)10-25-18(24)8-12-2-5-14(21)6-3-12/h2-7,9,11H,8,10H2,1H3,(H,22,23)/t11-/m0/s1. The van der Waals surface area contributed by atoms with Crippen molar-refractivity contribution < 1.29 is 18.7 Å². The number of amides is 1. The second-order valence-electron chi connectivity index (χ2n) is 5.42. The third kappa shape index (κ3) is 6.03. The normalized spacial score (nSPS) is 11.7. The molecular weight excluding hydrogens is 368 g/mol. The summed E-state index contributed by atoms with van der Waals surface area (Å²) < 4.78 is 17.7. The predicted octanol–water partition coefficient (Wildman–Crippen LogP) is 4.10. The van der Waals surface area contributed by atoms with Crippen molar-refractivity contribution in [2.75, 3.05) is 6.61 Å². The van der Waals surface area contributed by atoms with Gasteiger partial charge in [0.05, 0.1) is 12.5 Å². The highest BCUT2D eigenvalue weighted by Crippen LogP contribution is 2.25. The number of ether oxygens (including phenoxy) is 1. The van der Waals surface area contributed by atoms with Crippen molar-refractivity contribution in [1.82, 2.24) is 5.32 Å². The van der Waals surface area contributed by atoms with Gasteiger partial charge in [-0.3, -0.25) is 9.59 Å². The molecule has 0 aromatic heterocycles. The smallest absolute Gasteiger partial charge is 0.310 e. The summed E-state index contributed by atoms with van der Waals surface area (Å²) in [5, 5.41) is 3.63. The molecule has 0 bridgehead atoms. The van der Waals surface area contributed by atoms with Gasteiger partial charge in [-0.2, -0.15) is 0 Å². The molecule has 0 spiro atoms. The maximum absolute atomic E-state index is 12.8. The summed E-state index contributed by atoms with van der Waals surface area (Å²) in [7, 11) is 0. The molecule has 0 fully saturated rings. The number of halogens is 3. The van der Waals surface area contributed by atoms with E-state index in [-0.39, 0.29) is 18.3 Å². The number of nitrogens with one attached hydrogen (secondary N) is 1. The lowest BCUT2D eigenvalue weighted by Crippen LogP contribution is -2.31. The van der Waals surface area contributed by atoms with Crippen LogP contribution < -0.4 is 5.32 Å². The fourth-order valence-corrected chi connectivity index (χ4v) is 2.75. The van der Waals surface area contributed by atoms with Gasteiger partial charge in [-0.15, -0.1) is 0 Å². The van der Waals surface area contributed by atoms with Gasteiger partial charge in [0, 0.05) is 10.0 Å². The molecule has 0 aliphatic heterocycles.